The highest BCUT2D eigenvalue weighted by Crippen LogP contribution is 2.27. The number of hydrogen-bond acceptors (Lipinski definition) is 3. The SMILES string of the molecule is Cc1c(Cc2c(Cl)cccc2Cl)c(=O)ccn1CCCc1ccc(-c2cnc(CN)[nH]2)cc1. The molecule has 0 unspecified atom stereocenters. The molecule has 5 nitrogen and oxygen atoms in total. The number of nitrogens with two attached hydrogens (primary N) is 1. The van der Waals surface area contributed by atoms with Gasteiger partial charge in [0.25, 0.3) is 0 Å². The Morgan fingerprint density at radius 2 is 1.76 bits per heavy atom. The normalized spacial score (nSPS) is 11.2. The van der Waals surface area contributed by atoms with Gasteiger partial charge in [0.05, 0.1) is 18.4 Å². The molecule has 7 heteroatoms. The predicted octanol–water partition coefficient (Wildman–Crippen LogP) is 5.54. The third-order valence-corrected chi connectivity index (χ3v) is 6.65. The zero-order valence-corrected chi connectivity index (χ0v) is 20.0. The number of aryl methyl sites for hydroxylation is 2. The van der Waals surface area contributed by atoms with E-state index in [1.54, 1.807) is 18.2 Å². The Hall–Kier alpha value is -2.86. The predicted molar refractivity (Wildman–Crippen MR) is 135 cm³/mol. The summed E-state index contributed by atoms with van der Waals surface area (Å²) in [4.78, 5) is 20.0. The van der Waals surface area contributed by atoms with Crippen molar-refractivity contribution >= 4 is 23.2 Å². The number of imidazole rings is 1. The lowest BCUT2D eigenvalue weighted by atomic mass is 10.0. The van der Waals surface area contributed by atoms with Crippen LogP contribution in [0.15, 0.2) is 65.7 Å². The van der Waals surface area contributed by atoms with Crippen LogP contribution in [0.2, 0.25) is 10.0 Å². The van der Waals surface area contributed by atoms with E-state index in [1.807, 2.05) is 25.4 Å². The highest BCUT2D eigenvalue weighted by Gasteiger charge is 2.13. The molecule has 0 radical (unpaired) electrons. The van der Waals surface area contributed by atoms with Crippen LogP contribution in [-0.4, -0.2) is 14.5 Å². The molecule has 4 rings (SSSR count). The van der Waals surface area contributed by atoms with Gasteiger partial charge >= 0.3 is 0 Å². The van der Waals surface area contributed by atoms with Crippen LogP contribution in [0.1, 0.15) is 34.6 Å². The average Bonchev–Trinajstić information content (AvgIpc) is 3.30. The van der Waals surface area contributed by atoms with Crippen molar-refractivity contribution in [1.29, 1.82) is 0 Å². The zero-order chi connectivity index (χ0) is 23.4. The standard InChI is InChI=1S/C26H26Cl2N4O/c1-17-20(14-21-22(27)5-2-6-23(21)28)25(33)11-13-32(17)12-3-4-18-7-9-19(10-8-18)24-16-30-26(15-29)31-24/h2,5-11,13,16H,3-4,12,14-15,29H2,1H3,(H,30,31). The van der Waals surface area contributed by atoms with Gasteiger partial charge in [0.2, 0.25) is 0 Å². The molecule has 0 saturated carbocycles. The molecule has 0 bridgehead atoms. The minimum atomic E-state index is 0.00641. The second kappa shape index (κ2) is 10.4. The molecule has 170 valence electrons. The number of nitrogens with one attached hydrogen (secondary N) is 1. The van der Waals surface area contributed by atoms with Crippen LogP contribution in [0.25, 0.3) is 11.3 Å². The van der Waals surface area contributed by atoms with Gasteiger partial charge in [-0.2, -0.15) is 0 Å². The first-order valence-corrected chi connectivity index (χ1v) is 11.7. The Labute approximate surface area is 203 Å². The fourth-order valence-electron chi connectivity index (χ4n) is 3.97. The minimum absolute atomic E-state index is 0.00641. The molecule has 0 amide bonds. The summed E-state index contributed by atoms with van der Waals surface area (Å²) in [7, 11) is 0. The summed E-state index contributed by atoms with van der Waals surface area (Å²) < 4.78 is 2.13. The molecule has 3 N–H and O–H groups in total. The average molecular weight is 481 g/mol. The summed E-state index contributed by atoms with van der Waals surface area (Å²) in [5, 5.41) is 1.16. The smallest absolute Gasteiger partial charge is 0.185 e. The van der Waals surface area contributed by atoms with E-state index in [0.29, 0.717) is 23.0 Å². The van der Waals surface area contributed by atoms with Gasteiger partial charge in [-0.15, -0.1) is 0 Å². The topological polar surface area (TPSA) is 76.7 Å². The van der Waals surface area contributed by atoms with Crippen molar-refractivity contribution in [3.8, 4) is 11.3 Å². The van der Waals surface area contributed by atoms with Crippen LogP contribution in [-0.2, 0) is 25.9 Å². The van der Waals surface area contributed by atoms with Crippen LogP contribution in [0.5, 0.6) is 0 Å². The van der Waals surface area contributed by atoms with Crippen LogP contribution >= 0.6 is 23.2 Å². The summed E-state index contributed by atoms with van der Waals surface area (Å²) in [6.07, 6.45) is 5.99. The van der Waals surface area contributed by atoms with Gasteiger partial charge in [0, 0.05) is 46.5 Å². The Morgan fingerprint density at radius 3 is 2.42 bits per heavy atom. The summed E-state index contributed by atoms with van der Waals surface area (Å²) in [6.45, 7) is 3.20. The van der Waals surface area contributed by atoms with Crippen LogP contribution in [0.4, 0.5) is 0 Å². The number of aromatic nitrogens is 3. The molecule has 2 aromatic heterocycles. The molecule has 0 atom stereocenters. The molecule has 0 saturated heterocycles. The Kier molecular flexibility index (Phi) is 7.33. The number of benzene rings is 2. The molecule has 0 aliphatic carbocycles. The van der Waals surface area contributed by atoms with Crippen molar-refractivity contribution in [2.24, 2.45) is 5.73 Å². The van der Waals surface area contributed by atoms with Gasteiger partial charge in [0.1, 0.15) is 5.82 Å². The number of pyridine rings is 1. The molecule has 0 aliphatic heterocycles. The number of aromatic amines is 1. The molecule has 2 aromatic carbocycles. The molecular formula is C26H26Cl2N4O. The molecule has 0 aliphatic rings. The van der Waals surface area contributed by atoms with Gasteiger partial charge in [-0.3, -0.25) is 4.79 Å². The van der Waals surface area contributed by atoms with E-state index in [-0.39, 0.29) is 5.43 Å². The molecule has 0 fully saturated rings. The molecule has 4 aromatic rings. The zero-order valence-electron chi connectivity index (χ0n) is 18.4. The second-order valence-corrected chi connectivity index (χ2v) is 8.88. The third kappa shape index (κ3) is 5.38. The highest BCUT2D eigenvalue weighted by molar-refractivity contribution is 6.36. The highest BCUT2D eigenvalue weighted by atomic mass is 35.5. The van der Waals surface area contributed by atoms with Crippen molar-refractivity contribution in [1.82, 2.24) is 14.5 Å². The number of nitrogens with zero attached hydrogens (tertiary/aromatic N) is 2. The Bertz CT molecular complexity index is 1290. The van der Waals surface area contributed by atoms with E-state index in [4.69, 9.17) is 28.9 Å². The van der Waals surface area contributed by atoms with E-state index < -0.39 is 0 Å². The van der Waals surface area contributed by atoms with E-state index >= 15 is 0 Å². The first kappa shape index (κ1) is 23.3. The van der Waals surface area contributed by atoms with Crippen molar-refractivity contribution in [3.05, 3.63) is 109 Å². The number of halogens is 2. The Morgan fingerprint density at radius 1 is 1.03 bits per heavy atom. The van der Waals surface area contributed by atoms with Gasteiger partial charge in [0.15, 0.2) is 5.43 Å². The van der Waals surface area contributed by atoms with Gasteiger partial charge in [-0.25, -0.2) is 4.98 Å². The molecule has 2 heterocycles. The van der Waals surface area contributed by atoms with Crippen molar-refractivity contribution < 1.29 is 0 Å². The maximum absolute atomic E-state index is 12.6. The quantitative estimate of drug-likeness (QED) is 0.347. The molecular weight excluding hydrogens is 455 g/mol. The second-order valence-electron chi connectivity index (χ2n) is 8.06. The molecule has 33 heavy (non-hydrogen) atoms. The lowest BCUT2D eigenvalue weighted by Crippen LogP contribution is -2.17. The number of hydrogen-bond donors (Lipinski definition) is 2. The first-order chi connectivity index (χ1) is 16.0. The number of rotatable bonds is 8. The van der Waals surface area contributed by atoms with E-state index in [9.17, 15) is 4.79 Å². The maximum Gasteiger partial charge on any atom is 0.185 e. The van der Waals surface area contributed by atoms with Crippen molar-refractivity contribution in [3.63, 3.8) is 0 Å². The van der Waals surface area contributed by atoms with Crippen LogP contribution in [0, 0.1) is 6.92 Å². The van der Waals surface area contributed by atoms with E-state index in [0.717, 1.165) is 53.3 Å². The summed E-state index contributed by atoms with van der Waals surface area (Å²) in [5.74, 6) is 0.779. The third-order valence-electron chi connectivity index (χ3n) is 5.94. The van der Waals surface area contributed by atoms with Crippen molar-refractivity contribution in [2.45, 2.75) is 39.3 Å². The minimum Gasteiger partial charge on any atom is -0.351 e. The maximum atomic E-state index is 12.6. The van der Waals surface area contributed by atoms with Crippen molar-refractivity contribution in [2.75, 3.05) is 0 Å². The largest absolute Gasteiger partial charge is 0.351 e. The van der Waals surface area contributed by atoms with Gasteiger partial charge in [-0.05, 0) is 48.6 Å². The summed E-state index contributed by atoms with van der Waals surface area (Å²) in [5.41, 5.74) is 11.4. The monoisotopic (exact) mass is 480 g/mol. The fourth-order valence-corrected chi connectivity index (χ4v) is 4.51. The number of H-pyrrole nitrogens is 1. The van der Waals surface area contributed by atoms with Gasteiger partial charge < -0.3 is 15.3 Å². The van der Waals surface area contributed by atoms with Crippen LogP contribution in [0.3, 0.4) is 0 Å². The fraction of sp³-hybridized carbons (Fsp3) is 0.231. The molecule has 0 spiro atoms. The lowest BCUT2D eigenvalue weighted by Gasteiger charge is -2.15. The van der Waals surface area contributed by atoms with Crippen LogP contribution < -0.4 is 11.2 Å². The van der Waals surface area contributed by atoms with E-state index in [1.165, 1.54) is 5.56 Å². The van der Waals surface area contributed by atoms with E-state index in [2.05, 4.69) is 38.8 Å². The first-order valence-electron chi connectivity index (χ1n) is 10.9. The van der Waals surface area contributed by atoms with Gasteiger partial charge in [-0.1, -0.05) is 53.5 Å². The Balaban J connectivity index is 1.42. The lowest BCUT2D eigenvalue weighted by molar-refractivity contribution is 0.618. The summed E-state index contributed by atoms with van der Waals surface area (Å²) in [6, 6.07) is 15.5. The summed E-state index contributed by atoms with van der Waals surface area (Å²) >= 11 is 12.7.